The highest BCUT2D eigenvalue weighted by molar-refractivity contribution is 7.18. The lowest BCUT2D eigenvalue weighted by Gasteiger charge is -2.00. The SMILES string of the molecule is Nc1nc(Nc2ccccc2)sc1C(=O)c1ccc(O)cc1. The van der Waals surface area contributed by atoms with E-state index in [1.165, 1.54) is 23.5 Å². The number of nitrogens with one attached hydrogen (secondary N) is 1. The fraction of sp³-hybridized carbons (Fsp3) is 0. The molecule has 0 atom stereocenters. The van der Waals surface area contributed by atoms with E-state index in [4.69, 9.17) is 5.73 Å². The Morgan fingerprint density at radius 1 is 1.09 bits per heavy atom. The zero-order valence-electron chi connectivity index (χ0n) is 11.5. The van der Waals surface area contributed by atoms with Gasteiger partial charge in [-0.1, -0.05) is 29.5 Å². The van der Waals surface area contributed by atoms with Crippen LogP contribution in [0.4, 0.5) is 16.6 Å². The Morgan fingerprint density at radius 3 is 2.45 bits per heavy atom. The molecule has 0 aliphatic carbocycles. The molecule has 0 amide bonds. The summed E-state index contributed by atoms with van der Waals surface area (Å²) in [7, 11) is 0. The third-order valence-electron chi connectivity index (χ3n) is 3.01. The lowest BCUT2D eigenvalue weighted by molar-refractivity contribution is 0.104. The van der Waals surface area contributed by atoms with E-state index in [0.29, 0.717) is 15.6 Å². The minimum atomic E-state index is -0.212. The molecule has 0 radical (unpaired) electrons. The topological polar surface area (TPSA) is 88.2 Å². The molecule has 0 saturated carbocycles. The average molecular weight is 311 g/mol. The Bertz CT molecular complexity index is 798. The molecule has 0 aliphatic rings. The number of thiazole rings is 1. The zero-order chi connectivity index (χ0) is 15.5. The van der Waals surface area contributed by atoms with E-state index in [0.717, 1.165) is 5.69 Å². The summed E-state index contributed by atoms with van der Waals surface area (Å²) in [6, 6.07) is 15.6. The fourth-order valence-corrected chi connectivity index (χ4v) is 2.80. The number of nitrogens with two attached hydrogens (primary N) is 1. The summed E-state index contributed by atoms with van der Waals surface area (Å²) in [5.74, 6) is 0.0953. The number of nitrogen functional groups attached to an aromatic ring is 1. The van der Waals surface area contributed by atoms with Crippen LogP contribution in [0.15, 0.2) is 54.6 Å². The summed E-state index contributed by atoms with van der Waals surface area (Å²) < 4.78 is 0. The van der Waals surface area contributed by atoms with Crippen LogP contribution in [0, 0.1) is 0 Å². The molecular formula is C16H13N3O2S. The fourth-order valence-electron chi connectivity index (χ4n) is 1.94. The quantitative estimate of drug-likeness (QED) is 0.643. The maximum atomic E-state index is 12.4. The predicted octanol–water partition coefficient (Wildman–Crippen LogP) is 3.41. The van der Waals surface area contributed by atoms with Gasteiger partial charge in [0.25, 0.3) is 0 Å². The summed E-state index contributed by atoms with van der Waals surface area (Å²) in [6.45, 7) is 0. The van der Waals surface area contributed by atoms with Crippen LogP contribution in [0.5, 0.6) is 5.75 Å². The van der Waals surface area contributed by atoms with Crippen molar-refractivity contribution >= 4 is 33.8 Å². The first-order valence-electron chi connectivity index (χ1n) is 6.55. The maximum absolute atomic E-state index is 12.4. The number of hydrogen-bond acceptors (Lipinski definition) is 6. The molecule has 1 heterocycles. The first kappa shape index (κ1) is 14.1. The van der Waals surface area contributed by atoms with Crippen LogP contribution in [0.25, 0.3) is 0 Å². The van der Waals surface area contributed by atoms with Crippen LogP contribution < -0.4 is 11.1 Å². The van der Waals surface area contributed by atoms with Crippen LogP contribution in [-0.4, -0.2) is 15.9 Å². The summed E-state index contributed by atoms with van der Waals surface area (Å²) in [5.41, 5.74) is 7.18. The van der Waals surface area contributed by atoms with Gasteiger partial charge in [0.2, 0.25) is 5.78 Å². The van der Waals surface area contributed by atoms with Gasteiger partial charge in [0, 0.05) is 11.3 Å². The van der Waals surface area contributed by atoms with Gasteiger partial charge in [-0.3, -0.25) is 4.79 Å². The van der Waals surface area contributed by atoms with Crippen LogP contribution in [0.2, 0.25) is 0 Å². The molecule has 0 spiro atoms. The smallest absolute Gasteiger partial charge is 0.206 e. The normalized spacial score (nSPS) is 10.4. The molecule has 1 aromatic heterocycles. The van der Waals surface area contributed by atoms with Gasteiger partial charge in [-0.05, 0) is 36.4 Å². The van der Waals surface area contributed by atoms with Gasteiger partial charge in [-0.25, -0.2) is 4.98 Å². The van der Waals surface area contributed by atoms with Gasteiger partial charge in [0.05, 0.1) is 0 Å². The van der Waals surface area contributed by atoms with Gasteiger partial charge in [-0.2, -0.15) is 0 Å². The van der Waals surface area contributed by atoms with Crippen LogP contribution in [0.1, 0.15) is 15.2 Å². The van der Waals surface area contributed by atoms with Gasteiger partial charge >= 0.3 is 0 Å². The molecule has 6 heteroatoms. The summed E-state index contributed by atoms with van der Waals surface area (Å²) in [4.78, 5) is 17.0. The molecule has 110 valence electrons. The molecule has 0 fully saturated rings. The number of aromatic nitrogens is 1. The first-order chi connectivity index (χ1) is 10.6. The predicted molar refractivity (Wildman–Crippen MR) is 87.8 cm³/mol. The van der Waals surface area contributed by atoms with Crippen molar-refractivity contribution in [3.05, 3.63) is 65.0 Å². The van der Waals surface area contributed by atoms with E-state index in [2.05, 4.69) is 10.3 Å². The highest BCUT2D eigenvalue weighted by Gasteiger charge is 2.18. The molecule has 5 nitrogen and oxygen atoms in total. The Labute approximate surface area is 131 Å². The summed E-state index contributed by atoms with van der Waals surface area (Å²) in [5, 5.41) is 13.0. The molecule has 0 saturated heterocycles. The standard InChI is InChI=1S/C16H13N3O2S/c17-15-14(13(21)10-6-8-12(20)9-7-10)22-16(19-15)18-11-4-2-1-3-5-11/h1-9,20H,17H2,(H,18,19). The van der Waals surface area contributed by atoms with Crippen molar-refractivity contribution in [2.24, 2.45) is 0 Å². The van der Waals surface area contributed by atoms with E-state index in [9.17, 15) is 9.90 Å². The van der Waals surface area contributed by atoms with E-state index in [1.807, 2.05) is 30.3 Å². The van der Waals surface area contributed by atoms with Crippen molar-refractivity contribution < 1.29 is 9.90 Å². The number of phenolic OH excluding ortho intramolecular Hbond substituents is 1. The van der Waals surface area contributed by atoms with Crippen LogP contribution in [0.3, 0.4) is 0 Å². The van der Waals surface area contributed by atoms with Crippen molar-refractivity contribution in [1.82, 2.24) is 4.98 Å². The monoisotopic (exact) mass is 311 g/mol. The number of nitrogens with zero attached hydrogens (tertiary/aromatic N) is 1. The lowest BCUT2D eigenvalue weighted by atomic mass is 10.1. The second-order valence-corrected chi connectivity index (χ2v) is 5.60. The summed E-state index contributed by atoms with van der Waals surface area (Å²) >= 11 is 1.20. The largest absolute Gasteiger partial charge is 0.508 e. The van der Waals surface area contributed by atoms with E-state index < -0.39 is 0 Å². The lowest BCUT2D eigenvalue weighted by Crippen LogP contribution is -2.02. The Hall–Kier alpha value is -2.86. The highest BCUT2D eigenvalue weighted by atomic mass is 32.1. The maximum Gasteiger partial charge on any atom is 0.206 e. The van der Waals surface area contributed by atoms with Gasteiger partial charge < -0.3 is 16.2 Å². The number of carbonyl (C=O) groups excluding carboxylic acids is 1. The van der Waals surface area contributed by atoms with E-state index in [-0.39, 0.29) is 17.4 Å². The number of anilines is 3. The third-order valence-corrected chi connectivity index (χ3v) is 4.00. The van der Waals surface area contributed by atoms with Crippen LogP contribution >= 0.6 is 11.3 Å². The van der Waals surface area contributed by atoms with Crippen molar-refractivity contribution in [1.29, 1.82) is 0 Å². The Morgan fingerprint density at radius 2 is 1.77 bits per heavy atom. The van der Waals surface area contributed by atoms with Crippen molar-refractivity contribution in [2.75, 3.05) is 11.1 Å². The molecule has 0 aliphatic heterocycles. The van der Waals surface area contributed by atoms with E-state index in [1.54, 1.807) is 12.1 Å². The Kier molecular flexibility index (Phi) is 3.76. The number of benzene rings is 2. The molecule has 3 aromatic rings. The van der Waals surface area contributed by atoms with Gasteiger partial charge in [0.15, 0.2) is 5.13 Å². The highest BCUT2D eigenvalue weighted by Crippen LogP contribution is 2.29. The minimum absolute atomic E-state index is 0.111. The molecule has 2 aromatic carbocycles. The van der Waals surface area contributed by atoms with Gasteiger partial charge in [-0.15, -0.1) is 0 Å². The number of rotatable bonds is 4. The number of hydrogen-bond donors (Lipinski definition) is 3. The second kappa shape index (κ2) is 5.87. The molecule has 22 heavy (non-hydrogen) atoms. The number of ketones is 1. The molecule has 4 N–H and O–H groups in total. The number of carbonyl (C=O) groups is 1. The minimum Gasteiger partial charge on any atom is -0.508 e. The zero-order valence-corrected chi connectivity index (χ0v) is 12.3. The van der Waals surface area contributed by atoms with Crippen molar-refractivity contribution in [2.45, 2.75) is 0 Å². The average Bonchev–Trinajstić information content (AvgIpc) is 2.89. The number of para-hydroxylation sites is 1. The second-order valence-electron chi connectivity index (χ2n) is 4.60. The number of aromatic hydroxyl groups is 1. The summed E-state index contributed by atoms with van der Waals surface area (Å²) in [6.07, 6.45) is 0. The van der Waals surface area contributed by atoms with Crippen molar-refractivity contribution in [3.8, 4) is 5.75 Å². The molecular weight excluding hydrogens is 298 g/mol. The molecule has 0 unspecified atom stereocenters. The number of phenols is 1. The molecule has 0 bridgehead atoms. The van der Waals surface area contributed by atoms with Crippen LogP contribution in [-0.2, 0) is 0 Å². The Balaban J connectivity index is 1.86. The first-order valence-corrected chi connectivity index (χ1v) is 7.37. The van der Waals surface area contributed by atoms with E-state index >= 15 is 0 Å². The third kappa shape index (κ3) is 2.91. The van der Waals surface area contributed by atoms with Gasteiger partial charge in [0.1, 0.15) is 16.4 Å². The van der Waals surface area contributed by atoms with Crippen molar-refractivity contribution in [3.63, 3.8) is 0 Å². The molecule has 3 rings (SSSR count).